The van der Waals surface area contributed by atoms with Crippen molar-refractivity contribution in [2.45, 2.75) is 51.7 Å². The van der Waals surface area contributed by atoms with Crippen LogP contribution in [-0.4, -0.2) is 18.6 Å². The number of hydrogen-bond donors (Lipinski definition) is 1. The van der Waals surface area contributed by atoms with E-state index in [-0.39, 0.29) is 12.4 Å². The van der Waals surface area contributed by atoms with Gasteiger partial charge in [0.25, 0.3) is 0 Å². The Morgan fingerprint density at radius 2 is 2.00 bits per heavy atom. The topological polar surface area (TPSA) is 60.7 Å². The van der Waals surface area contributed by atoms with Crippen LogP contribution < -0.4 is 10.1 Å². The Labute approximate surface area is 181 Å². The SMILES string of the molecule is CCOC(=O)Cc1ccccc1OCc1coc2c(NC3CCCC3)cc(Cl)cc12. The number of nitrogens with one attached hydrogen (secondary N) is 1. The highest BCUT2D eigenvalue weighted by Crippen LogP contribution is 2.34. The summed E-state index contributed by atoms with van der Waals surface area (Å²) in [6.45, 7) is 2.47. The van der Waals surface area contributed by atoms with Gasteiger partial charge in [-0.25, -0.2) is 0 Å². The molecule has 0 bridgehead atoms. The molecule has 0 unspecified atom stereocenters. The molecule has 0 saturated heterocycles. The Bertz CT molecular complexity index is 1020. The second-order valence-corrected chi connectivity index (χ2v) is 8.03. The lowest BCUT2D eigenvalue weighted by Gasteiger charge is -2.14. The quantitative estimate of drug-likeness (QED) is 0.438. The maximum Gasteiger partial charge on any atom is 0.310 e. The predicted molar refractivity (Wildman–Crippen MR) is 118 cm³/mol. The number of anilines is 1. The van der Waals surface area contributed by atoms with Crippen LogP contribution >= 0.6 is 11.6 Å². The van der Waals surface area contributed by atoms with Crippen molar-refractivity contribution in [3.63, 3.8) is 0 Å². The number of furan rings is 1. The number of carbonyl (C=O) groups is 1. The van der Waals surface area contributed by atoms with Crippen molar-refractivity contribution >= 4 is 34.2 Å². The molecule has 1 fully saturated rings. The molecule has 1 aromatic heterocycles. The minimum atomic E-state index is -0.267. The van der Waals surface area contributed by atoms with E-state index in [9.17, 15) is 4.79 Å². The zero-order valence-corrected chi connectivity index (χ0v) is 17.8. The van der Waals surface area contributed by atoms with Crippen molar-refractivity contribution in [2.75, 3.05) is 11.9 Å². The van der Waals surface area contributed by atoms with Gasteiger partial charge in [0, 0.05) is 27.6 Å². The van der Waals surface area contributed by atoms with Gasteiger partial charge in [-0.05, 0) is 38.0 Å². The number of ether oxygens (including phenoxy) is 2. The molecule has 1 aliphatic rings. The third kappa shape index (κ3) is 4.73. The molecule has 30 heavy (non-hydrogen) atoms. The summed E-state index contributed by atoms with van der Waals surface area (Å²) in [6.07, 6.45) is 6.74. The molecule has 0 spiro atoms. The van der Waals surface area contributed by atoms with Crippen LogP contribution in [-0.2, 0) is 22.6 Å². The van der Waals surface area contributed by atoms with Crippen molar-refractivity contribution in [2.24, 2.45) is 0 Å². The Hall–Kier alpha value is -2.66. The van der Waals surface area contributed by atoms with Gasteiger partial charge in [-0.3, -0.25) is 4.79 Å². The van der Waals surface area contributed by atoms with Crippen LogP contribution in [0.4, 0.5) is 5.69 Å². The van der Waals surface area contributed by atoms with Gasteiger partial charge in [0.05, 0.1) is 25.0 Å². The molecule has 1 heterocycles. The van der Waals surface area contributed by atoms with Crippen molar-refractivity contribution in [3.05, 3.63) is 58.8 Å². The van der Waals surface area contributed by atoms with E-state index in [1.165, 1.54) is 25.7 Å². The molecule has 1 saturated carbocycles. The maximum atomic E-state index is 11.9. The van der Waals surface area contributed by atoms with Gasteiger partial charge in [0.15, 0.2) is 5.58 Å². The highest BCUT2D eigenvalue weighted by Gasteiger charge is 2.19. The number of carbonyl (C=O) groups excluding carboxylic acids is 1. The van der Waals surface area contributed by atoms with Gasteiger partial charge < -0.3 is 19.2 Å². The molecule has 0 atom stereocenters. The van der Waals surface area contributed by atoms with Gasteiger partial charge in [-0.15, -0.1) is 0 Å². The molecule has 158 valence electrons. The Balaban J connectivity index is 1.52. The van der Waals surface area contributed by atoms with E-state index in [1.54, 1.807) is 13.2 Å². The summed E-state index contributed by atoms with van der Waals surface area (Å²) in [6, 6.07) is 11.8. The summed E-state index contributed by atoms with van der Waals surface area (Å²) < 4.78 is 17.0. The molecule has 3 aromatic rings. The summed E-state index contributed by atoms with van der Waals surface area (Å²) in [5, 5.41) is 5.18. The molecular weight excluding hydrogens is 402 g/mol. The first kappa shape index (κ1) is 20.6. The van der Waals surface area contributed by atoms with Crippen molar-refractivity contribution < 1.29 is 18.7 Å². The first-order chi connectivity index (χ1) is 14.6. The largest absolute Gasteiger partial charge is 0.488 e. The molecule has 5 nitrogen and oxygen atoms in total. The fraction of sp³-hybridized carbons (Fsp3) is 0.375. The van der Waals surface area contributed by atoms with Crippen LogP contribution in [0.5, 0.6) is 5.75 Å². The van der Waals surface area contributed by atoms with Gasteiger partial charge in [-0.2, -0.15) is 0 Å². The smallest absolute Gasteiger partial charge is 0.310 e. The predicted octanol–water partition coefficient (Wildman–Crippen LogP) is 6.13. The van der Waals surface area contributed by atoms with E-state index in [1.807, 2.05) is 36.4 Å². The number of para-hydroxylation sites is 1. The fourth-order valence-electron chi connectivity index (χ4n) is 3.98. The van der Waals surface area contributed by atoms with Crippen molar-refractivity contribution in [3.8, 4) is 5.75 Å². The summed E-state index contributed by atoms with van der Waals surface area (Å²) in [7, 11) is 0. The van der Waals surface area contributed by atoms with Crippen LogP contribution in [0.1, 0.15) is 43.7 Å². The monoisotopic (exact) mass is 427 g/mol. The molecule has 2 aromatic carbocycles. The number of benzene rings is 2. The average Bonchev–Trinajstić information content (AvgIpc) is 3.37. The van der Waals surface area contributed by atoms with Gasteiger partial charge in [-0.1, -0.05) is 42.6 Å². The van der Waals surface area contributed by atoms with Gasteiger partial charge in [0.2, 0.25) is 0 Å². The fourth-order valence-corrected chi connectivity index (χ4v) is 4.19. The van der Waals surface area contributed by atoms with Crippen molar-refractivity contribution in [1.82, 2.24) is 0 Å². The molecule has 0 radical (unpaired) electrons. The highest BCUT2D eigenvalue weighted by molar-refractivity contribution is 6.31. The average molecular weight is 428 g/mol. The van der Waals surface area contributed by atoms with Crippen molar-refractivity contribution in [1.29, 1.82) is 0 Å². The summed E-state index contributed by atoms with van der Waals surface area (Å²) in [5.74, 6) is 0.392. The second-order valence-electron chi connectivity index (χ2n) is 7.59. The molecule has 1 aliphatic carbocycles. The number of halogens is 1. The second kappa shape index (κ2) is 9.43. The Morgan fingerprint density at radius 3 is 2.80 bits per heavy atom. The molecule has 0 amide bonds. The zero-order chi connectivity index (χ0) is 20.9. The molecular formula is C24H26ClNO4. The normalized spacial score (nSPS) is 14.2. The minimum Gasteiger partial charge on any atom is -0.488 e. The van der Waals surface area contributed by atoms with E-state index in [4.69, 9.17) is 25.5 Å². The molecule has 6 heteroatoms. The van der Waals surface area contributed by atoms with Crippen LogP contribution in [0.25, 0.3) is 11.0 Å². The van der Waals surface area contributed by atoms with Crippen LogP contribution in [0.15, 0.2) is 47.1 Å². The number of esters is 1. The lowest BCUT2D eigenvalue weighted by molar-refractivity contribution is -0.142. The third-order valence-corrected chi connectivity index (χ3v) is 5.65. The summed E-state index contributed by atoms with van der Waals surface area (Å²) in [5.41, 5.74) is 3.43. The van der Waals surface area contributed by atoms with Crippen LogP contribution in [0.2, 0.25) is 5.02 Å². The van der Waals surface area contributed by atoms with Gasteiger partial charge >= 0.3 is 5.97 Å². The van der Waals surface area contributed by atoms with E-state index in [0.29, 0.717) is 30.0 Å². The van der Waals surface area contributed by atoms with E-state index in [0.717, 1.165) is 27.8 Å². The zero-order valence-electron chi connectivity index (χ0n) is 17.1. The molecule has 1 N–H and O–H groups in total. The first-order valence-corrected chi connectivity index (χ1v) is 10.8. The summed E-state index contributed by atoms with van der Waals surface area (Å²) >= 11 is 6.39. The Morgan fingerprint density at radius 1 is 1.20 bits per heavy atom. The summed E-state index contributed by atoms with van der Waals surface area (Å²) in [4.78, 5) is 11.9. The van der Waals surface area contributed by atoms with E-state index >= 15 is 0 Å². The van der Waals surface area contributed by atoms with Crippen LogP contribution in [0.3, 0.4) is 0 Å². The number of hydrogen-bond acceptors (Lipinski definition) is 5. The number of rotatable bonds is 8. The lowest BCUT2D eigenvalue weighted by Crippen LogP contribution is -2.14. The van der Waals surface area contributed by atoms with E-state index in [2.05, 4.69) is 5.32 Å². The highest BCUT2D eigenvalue weighted by atomic mass is 35.5. The third-order valence-electron chi connectivity index (χ3n) is 5.43. The standard InChI is InChI=1S/C24H26ClNO4/c1-2-28-23(27)11-16-7-3-6-10-22(16)29-14-17-15-30-24-20(17)12-18(25)13-21(24)26-19-8-4-5-9-19/h3,6-7,10,12-13,15,19,26H,2,4-5,8-9,11,14H2,1H3. The Kier molecular flexibility index (Phi) is 6.48. The van der Waals surface area contributed by atoms with Crippen LogP contribution in [0, 0.1) is 0 Å². The van der Waals surface area contributed by atoms with E-state index < -0.39 is 0 Å². The minimum absolute atomic E-state index is 0.178. The first-order valence-electron chi connectivity index (χ1n) is 10.5. The maximum absolute atomic E-state index is 11.9. The number of fused-ring (bicyclic) bond motifs is 1. The molecule has 4 rings (SSSR count). The van der Waals surface area contributed by atoms with Gasteiger partial charge in [0.1, 0.15) is 12.4 Å². The lowest BCUT2D eigenvalue weighted by atomic mass is 10.1. The molecule has 0 aliphatic heterocycles.